The van der Waals surface area contributed by atoms with Crippen molar-refractivity contribution in [1.82, 2.24) is 25.3 Å². The number of rotatable bonds is 4. The van der Waals surface area contributed by atoms with Crippen molar-refractivity contribution in [2.75, 3.05) is 7.05 Å². The highest BCUT2D eigenvalue weighted by atomic mass is 16.2. The smallest absolute Gasteiger partial charge is 0.272 e. The summed E-state index contributed by atoms with van der Waals surface area (Å²) >= 11 is 0. The molecule has 2 aliphatic rings. The summed E-state index contributed by atoms with van der Waals surface area (Å²) in [7, 11) is 1.64. The molecule has 1 aliphatic carbocycles. The van der Waals surface area contributed by atoms with Crippen molar-refractivity contribution >= 4 is 17.7 Å². The first-order chi connectivity index (χ1) is 13.2. The zero-order valence-corrected chi connectivity index (χ0v) is 17.2. The van der Waals surface area contributed by atoms with Gasteiger partial charge in [-0.25, -0.2) is 0 Å². The van der Waals surface area contributed by atoms with Crippen LogP contribution in [0.25, 0.3) is 0 Å². The molecule has 1 aromatic rings. The number of likely N-dealkylation sites (N-methyl/N-ethyl adjacent to an activating group) is 1. The molecule has 28 heavy (non-hydrogen) atoms. The Morgan fingerprint density at radius 3 is 2.46 bits per heavy atom. The van der Waals surface area contributed by atoms with Crippen molar-refractivity contribution in [3.63, 3.8) is 0 Å². The number of hydrogen-bond acceptors (Lipinski definition) is 4. The van der Waals surface area contributed by atoms with Crippen LogP contribution in [0.2, 0.25) is 0 Å². The van der Waals surface area contributed by atoms with Crippen LogP contribution in [0.5, 0.6) is 0 Å². The van der Waals surface area contributed by atoms with E-state index in [-0.39, 0.29) is 42.0 Å². The maximum atomic E-state index is 13.1. The molecule has 2 heterocycles. The van der Waals surface area contributed by atoms with E-state index in [9.17, 15) is 14.4 Å². The molecule has 1 fully saturated rings. The molecule has 1 aromatic heterocycles. The van der Waals surface area contributed by atoms with Crippen LogP contribution in [-0.4, -0.2) is 57.1 Å². The Kier molecular flexibility index (Phi) is 5.76. The molecule has 3 amide bonds. The summed E-state index contributed by atoms with van der Waals surface area (Å²) in [6.45, 7) is 5.71. The Hall–Kier alpha value is -2.38. The Bertz CT molecular complexity index is 764. The van der Waals surface area contributed by atoms with Gasteiger partial charge in [0, 0.05) is 25.2 Å². The van der Waals surface area contributed by atoms with Crippen LogP contribution in [0.3, 0.4) is 0 Å². The molecule has 1 aliphatic heterocycles. The monoisotopic (exact) mass is 389 g/mol. The predicted molar refractivity (Wildman–Crippen MR) is 105 cm³/mol. The van der Waals surface area contributed by atoms with Gasteiger partial charge in [-0.3, -0.25) is 19.1 Å². The first-order valence-electron chi connectivity index (χ1n) is 10.2. The standard InChI is InChI=1S/C20H31N5O3/c1-13(2)21-17(26)15-11-16-18(27)24(4)20(3,12-25(16)23-15)19(28)22-14-9-7-5-6-8-10-14/h11,13-14H,5-10,12H2,1-4H3,(H,21,26)(H,22,28)/t20-/m1/s1. The quantitative estimate of drug-likeness (QED) is 0.766. The number of hydrogen-bond donors (Lipinski definition) is 2. The Morgan fingerprint density at radius 2 is 1.86 bits per heavy atom. The lowest BCUT2D eigenvalue weighted by molar-refractivity contribution is -0.133. The molecule has 8 nitrogen and oxygen atoms in total. The third-order valence-electron chi connectivity index (χ3n) is 5.83. The zero-order valence-electron chi connectivity index (χ0n) is 17.2. The highest BCUT2D eigenvalue weighted by Crippen LogP contribution is 2.27. The molecule has 0 unspecified atom stereocenters. The molecule has 0 bridgehead atoms. The van der Waals surface area contributed by atoms with Crippen LogP contribution < -0.4 is 10.6 Å². The fraction of sp³-hybridized carbons (Fsp3) is 0.700. The van der Waals surface area contributed by atoms with Crippen molar-refractivity contribution < 1.29 is 14.4 Å². The summed E-state index contributed by atoms with van der Waals surface area (Å²) in [5.41, 5.74) is -0.524. The van der Waals surface area contributed by atoms with E-state index in [0.717, 1.165) is 25.7 Å². The second kappa shape index (κ2) is 7.93. The van der Waals surface area contributed by atoms with Crippen LogP contribution in [0.4, 0.5) is 0 Å². The lowest BCUT2D eigenvalue weighted by Gasteiger charge is -2.41. The van der Waals surface area contributed by atoms with E-state index in [1.54, 1.807) is 14.0 Å². The van der Waals surface area contributed by atoms with E-state index in [0.29, 0.717) is 5.69 Å². The van der Waals surface area contributed by atoms with Gasteiger partial charge in [-0.2, -0.15) is 5.10 Å². The lowest BCUT2D eigenvalue weighted by Crippen LogP contribution is -2.63. The zero-order chi connectivity index (χ0) is 20.5. The first kappa shape index (κ1) is 20.4. The molecule has 0 aromatic carbocycles. The summed E-state index contributed by atoms with van der Waals surface area (Å²) in [6.07, 6.45) is 6.61. The van der Waals surface area contributed by atoms with Gasteiger partial charge < -0.3 is 15.5 Å². The van der Waals surface area contributed by atoms with Crippen LogP contribution in [-0.2, 0) is 11.3 Å². The number of fused-ring (bicyclic) bond motifs is 1. The van der Waals surface area contributed by atoms with Crippen molar-refractivity contribution in [3.8, 4) is 0 Å². The van der Waals surface area contributed by atoms with Gasteiger partial charge >= 0.3 is 0 Å². The number of nitrogens with one attached hydrogen (secondary N) is 2. The fourth-order valence-electron chi connectivity index (χ4n) is 3.94. The minimum Gasteiger partial charge on any atom is -0.351 e. The molecule has 0 spiro atoms. The number of nitrogens with zero attached hydrogens (tertiary/aromatic N) is 3. The number of amides is 3. The molecule has 0 radical (unpaired) electrons. The van der Waals surface area contributed by atoms with Gasteiger partial charge in [0.2, 0.25) is 5.91 Å². The molecule has 2 N–H and O–H groups in total. The van der Waals surface area contributed by atoms with E-state index in [1.807, 2.05) is 13.8 Å². The van der Waals surface area contributed by atoms with E-state index in [2.05, 4.69) is 15.7 Å². The number of carbonyl (C=O) groups excluding carboxylic acids is 3. The minimum absolute atomic E-state index is 0.0276. The van der Waals surface area contributed by atoms with Crippen LogP contribution in [0.15, 0.2) is 6.07 Å². The molecular formula is C20H31N5O3. The van der Waals surface area contributed by atoms with Crippen LogP contribution in [0, 0.1) is 0 Å². The lowest BCUT2D eigenvalue weighted by atomic mass is 9.95. The van der Waals surface area contributed by atoms with Crippen molar-refractivity contribution in [1.29, 1.82) is 0 Å². The summed E-state index contributed by atoms with van der Waals surface area (Å²) in [5.74, 6) is -0.789. The average Bonchev–Trinajstić information content (AvgIpc) is 2.88. The second-order valence-electron chi connectivity index (χ2n) is 8.50. The average molecular weight is 390 g/mol. The Labute approximate surface area is 166 Å². The SMILES string of the molecule is CC(C)NC(=O)c1cc2n(n1)C[C@](C)(C(=O)NC1CCCCCC1)N(C)C2=O. The van der Waals surface area contributed by atoms with Gasteiger partial charge in [0.15, 0.2) is 5.69 Å². The minimum atomic E-state index is -1.05. The van der Waals surface area contributed by atoms with Crippen LogP contribution >= 0.6 is 0 Å². The first-order valence-corrected chi connectivity index (χ1v) is 10.2. The van der Waals surface area contributed by atoms with Crippen molar-refractivity contribution in [2.24, 2.45) is 0 Å². The Morgan fingerprint density at radius 1 is 1.21 bits per heavy atom. The third-order valence-corrected chi connectivity index (χ3v) is 5.83. The van der Waals surface area contributed by atoms with Gasteiger partial charge in [0.1, 0.15) is 11.2 Å². The summed E-state index contributed by atoms with van der Waals surface area (Å²) < 4.78 is 1.49. The van der Waals surface area contributed by atoms with E-state index in [1.165, 1.54) is 28.5 Å². The topological polar surface area (TPSA) is 96.3 Å². The molecule has 154 valence electrons. The largest absolute Gasteiger partial charge is 0.351 e. The van der Waals surface area contributed by atoms with Crippen LogP contribution in [0.1, 0.15) is 80.3 Å². The van der Waals surface area contributed by atoms with Gasteiger partial charge in [-0.15, -0.1) is 0 Å². The van der Waals surface area contributed by atoms with E-state index < -0.39 is 5.54 Å². The number of aromatic nitrogens is 2. The number of carbonyl (C=O) groups is 3. The molecule has 8 heteroatoms. The maximum Gasteiger partial charge on any atom is 0.272 e. The molecule has 1 atom stereocenters. The van der Waals surface area contributed by atoms with E-state index in [4.69, 9.17) is 0 Å². The predicted octanol–water partition coefficient (Wildman–Crippen LogP) is 1.70. The van der Waals surface area contributed by atoms with Crippen molar-refractivity contribution in [2.45, 2.75) is 83.5 Å². The Balaban J connectivity index is 1.80. The van der Waals surface area contributed by atoms with Crippen molar-refractivity contribution in [3.05, 3.63) is 17.5 Å². The normalized spacial score (nSPS) is 23.3. The van der Waals surface area contributed by atoms with Gasteiger partial charge in [0.05, 0.1) is 6.54 Å². The van der Waals surface area contributed by atoms with Gasteiger partial charge in [-0.1, -0.05) is 25.7 Å². The summed E-state index contributed by atoms with van der Waals surface area (Å²) in [4.78, 5) is 39.8. The third kappa shape index (κ3) is 3.91. The molecule has 1 saturated carbocycles. The van der Waals surface area contributed by atoms with Gasteiger partial charge in [-0.05, 0) is 33.6 Å². The fourth-order valence-corrected chi connectivity index (χ4v) is 3.94. The van der Waals surface area contributed by atoms with E-state index >= 15 is 0 Å². The van der Waals surface area contributed by atoms with Gasteiger partial charge in [0.25, 0.3) is 11.8 Å². The second-order valence-corrected chi connectivity index (χ2v) is 8.50. The molecular weight excluding hydrogens is 358 g/mol. The molecule has 0 saturated heterocycles. The molecule has 3 rings (SSSR count). The highest BCUT2D eigenvalue weighted by Gasteiger charge is 2.46. The summed E-state index contributed by atoms with van der Waals surface area (Å²) in [5, 5.41) is 10.2. The maximum absolute atomic E-state index is 13.1. The highest BCUT2D eigenvalue weighted by molar-refractivity contribution is 6.01. The summed E-state index contributed by atoms with van der Waals surface area (Å²) in [6, 6.07) is 1.63.